The molecule has 24 heavy (non-hydrogen) atoms. The summed E-state index contributed by atoms with van der Waals surface area (Å²) in [7, 11) is 0. The van der Waals surface area contributed by atoms with Gasteiger partial charge in [0, 0.05) is 10.8 Å². The molecule has 0 amide bonds. The second kappa shape index (κ2) is 5.95. The van der Waals surface area contributed by atoms with E-state index in [4.69, 9.17) is 11.6 Å². The number of carboxylic acid groups (broad SMARTS) is 1. The molecule has 0 aliphatic heterocycles. The second-order valence-corrected chi connectivity index (χ2v) is 6.71. The normalized spacial score (nSPS) is 11.5. The SMILES string of the molecule is Cc1ccc2c(=O)c3ccc(C(C)C)cc3n(CC(=O)O)c2c1Cl. The van der Waals surface area contributed by atoms with Gasteiger partial charge in [-0.05, 0) is 42.2 Å². The number of benzene rings is 2. The smallest absolute Gasteiger partial charge is 0.323 e. The lowest BCUT2D eigenvalue weighted by molar-refractivity contribution is -0.137. The number of pyridine rings is 1. The molecule has 1 heterocycles. The maximum absolute atomic E-state index is 12.9. The fraction of sp³-hybridized carbons (Fsp3) is 0.263. The minimum Gasteiger partial charge on any atom is -0.480 e. The fourth-order valence-corrected chi connectivity index (χ4v) is 3.27. The molecule has 0 aliphatic carbocycles. The van der Waals surface area contributed by atoms with Gasteiger partial charge in [-0.2, -0.15) is 0 Å². The van der Waals surface area contributed by atoms with Crippen LogP contribution < -0.4 is 5.43 Å². The maximum atomic E-state index is 12.9. The van der Waals surface area contributed by atoms with Crippen molar-refractivity contribution in [1.82, 2.24) is 4.57 Å². The summed E-state index contributed by atoms with van der Waals surface area (Å²) in [6, 6.07) is 9.08. The van der Waals surface area contributed by atoms with Crippen molar-refractivity contribution in [2.75, 3.05) is 0 Å². The average molecular weight is 344 g/mol. The molecule has 3 rings (SSSR count). The fourth-order valence-electron chi connectivity index (χ4n) is 3.00. The lowest BCUT2D eigenvalue weighted by Crippen LogP contribution is -2.16. The monoisotopic (exact) mass is 343 g/mol. The largest absolute Gasteiger partial charge is 0.480 e. The lowest BCUT2D eigenvalue weighted by Gasteiger charge is -2.17. The van der Waals surface area contributed by atoms with E-state index in [9.17, 15) is 14.7 Å². The van der Waals surface area contributed by atoms with E-state index in [1.165, 1.54) is 0 Å². The number of carboxylic acids is 1. The lowest BCUT2D eigenvalue weighted by atomic mass is 9.99. The van der Waals surface area contributed by atoms with Gasteiger partial charge in [-0.1, -0.05) is 37.6 Å². The van der Waals surface area contributed by atoms with Gasteiger partial charge in [-0.25, -0.2) is 0 Å². The molecule has 0 unspecified atom stereocenters. The van der Waals surface area contributed by atoms with Crippen LogP contribution in [0.3, 0.4) is 0 Å². The third-order valence-electron chi connectivity index (χ3n) is 4.34. The van der Waals surface area contributed by atoms with Crippen LogP contribution in [0.5, 0.6) is 0 Å². The number of aliphatic carboxylic acids is 1. The van der Waals surface area contributed by atoms with E-state index in [1.54, 1.807) is 22.8 Å². The van der Waals surface area contributed by atoms with Crippen LogP contribution in [0.15, 0.2) is 35.1 Å². The van der Waals surface area contributed by atoms with Gasteiger partial charge in [0.1, 0.15) is 6.54 Å². The standard InChI is InChI=1S/C19H18ClNO3/c1-10(2)12-5-7-13-15(8-12)21(9-16(22)23)18-14(19(13)24)6-4-11(3)17(18)20/h4-8,10H,9H2,1-3H3,(H,22,23). The van der Waals surface area contributed by atoms with E-state index >= 15 is 0 Å². The van der Waals surface area contributed by atoms with E-state index in [0.717, 1.165) is 11.1 Å². The Kier molecular flexibility index (Phi) is 4.10. The van der Waals surface area contributed by atoms with Crippen molar-refractivity contribution in [2.24, 2.45) is 0 Å². The summed E-state index contributed by atoms with van der Waals surface area (Å²) in [5.74, 6) is -0.708. The highest BCUT2D eigenvalue weighted by molar-refractivity contribution is 6.36. The third-order valence-corrected chi connectivity index (χ3v) is 4.82. The maximum Gasteiger partial charge on any atom is 0.323 e. The molecule has 1 N–H and O–H groups in total. The summed E-state index contributed by atoms with van der Waals surface area (Å²) in [5, 5.41) is 10.7. The number of hydrogen-bond acceptors (Lipinski definition) is 2. The van der Waals surface area contributed by atoms with E-state index in [-0.39, 0.29) is 17.9 Å². The Morgan fingerprint density at radius 1 is 1.21 bits per heavy atom. The minimum absolute atomic E-state index is 0.126. The first-order valence-corrected chi connectivity index (χ1v) is 8.16. The topological polar surface area (TPSA) is 59.3 Å². The molecular weight excluding hydrogens is 326 g/mol. The number of rotatable bonds is 3. The highest BCUT2D eigenvalue weighted by Crippen LogP contribution is 2.29. The Morgan fingerprint density at radius 3 is 2.50 bits per heavy atom. The van der Waals surface area contributed by atoms with E-state index in [0.29, 0.717) is 26.8 Å². The first kappa shape index (κ1) is 16.5. The summed E-state index contributed by atoms with van der Waals surface area (Å²) in [6.07, 6.45) is 0. The minimum atomic E-state index is -0.978. The molecule has 3 aromatic rings. The summed E-state index contributed by atoms with van der Waals surface area (Å²) in [5.41, 5.74) is 2.82. The van der Waals surface area contributed by atoms with Crippen LogP contribution in [-0.2, 0) is 11.3 Å². The number of fused-ring (bicyclic) bond motifs is 2. The molecule has 0 saturated carbocycles. The molecule has 0 atom stereocenters. The van der Waals surface area contributed by atoms with Crippen LogP contribution in [0.4, 0.5) is 0 Å². The van der Waals surface area contributed by atoms with Crippen LogP contribution in [-0.4, -0.2) is 15.6 Å². The van der Waals surface area contributed by atoms with Gasteiger partial charge in [-0.15, -0.1) is 0 Å². The second-order valence-electron chi connectivity index (χ2n) is 6.33. The van der Waals surface area contributed by atoms with Gasteiger partial charge in [0.05, 0.1) is 16.1 Å². The first-order chi connectivity index (χ1) is 11.3. The molecule has 0 saturated heterocycles. The number of carbonyl (C=O) groups is 1. The van der Waals surface area contributed by atoms with Crippen LogP contribution in [0.1, 0.15) is 30.9 Å². The van der Waals surface area contributed by atoms with Crippen molar-refractivity contribution < 1.29 is 9.90 Å². The van der Waals surface area contributed by atoms with Gasteiger partial charge < -0.3 is 9.67 Å². The summed E-state index contributed by atoms with van der Waals surface area (Å²) in [6.45, 7) is 5.70. The van der Waals surface area contributed by atoms with Gasteiger partial charge >= 0.3 is 5.97 Å². The van der Waals surface area contributed by atoms with Crippen molar-refractivity contribution in [3.63, 3.8) is 0 Å². The van der Waals surface area contributed by atoms with Gasteiger partial charge in [0.25, 0.3) is 0 Å². The number of nitrogens with zero attached hydrogens (tertiary/aromatic N) is 1. The van der Waals surface area contributed by atoms with Gasteiger partial charge in [-0.3, -0.25) is 9.59 Å². The van der Waals surface area contributed by atoms with E-state index in [1.807, 2.05) is 19.1 Å². The van der Waals surface area contributed by atoms with Crippen LogP contribution in [0.25, 0.3) is 21.8 Å². The molecule has 0 bridgehead atoms. The molecule has 0 radical (unpaired) electrons. The highest BCUT2D eigenvalue weighted by Gasteiger charge is 2.17. The van der Waals surface area contributed by atoms with Crippen LogP contribution in [0, 0.1) is 6.92 Å². The third kappa shape index (κ3) is 2.57. The van der Waals surface area contributed by atoms with Gasteiger partial charge in [0.15, 0.2) is 5.43 Å². The Morgan fingerprint density at radius 2 is 1.88 bits per heavy atom. The molecule has 124 valence electrons. The Bertz CT molecular complexity index is 1030. The molecule has 0 fully saturated rings. The van der Waals surface area contributed by atoms with Crippen molar-refractivity contribution in [1.29, 1.82) is 0 Å². The predicted octanol–water partition coefficient (Wildman–Crippen LogP) is 4.32. The molecule has 0 aliphatic rings. The van der Waals surface area contributed by atoms with E-state index < -0.39 is 5.97 Å². The van der Waals surface area contributed by atoms with Crippen molar-refractivity contribution in [3.8, 4) is 0 Å². The quantitative estimate of drug-likeness (QED) is 0.720. The van der Waals surface area contributed by atoms with Crippen molar-refractivity contribution in [3.05, 3.63) is 56.7 Å². The molecule has 0 spiro atoms. The summed E-state index contributed by atoms with van der Waals surface area (Å²) < 4.78 is 1.63. The molecular formula is C19H18ClNO3. The zero-order valence-electron chi connectivity index (χ0n) is 13.8. The number of aromatic nitrogens is 1. The summed E-state index contributed by atoms with van der Waals surface area (Å²) in [4.78, 5) is 24.3. The Hall–Kier alpha value is -2.33. The van der Waals surface area contributed by atoms with Gasteiger partial charge in [0.2, 0.25) is 0 Å². The highest BCUT2D eigenvalue weighted by atomic mass is 35.5. The van der Waals surface area contributed by atoms with Crippen molar-refractivity contribution in [2.45, 2.75) is 33.2 Å². The summed E-state index contributed by atoms with van der Waals surface area (Å²) >= 11 is 6.44. The zero-order chi connectivity index (χ0) is 17.6. The average Bonchev–Trinajstić information content (AvgIpc) is 2.53. The molecule has 2 aromatic carbocycles. The number of hydrogen-bond donors (Lipinski definition) is 1. The predicted molar refractivity (Wildman–Crippen MR) is 97.2 cm³/mol. The Labute approximate surface area is 144 Å². The first-order valence-electron chi connectivity index (χ1n) is 7.78. The molecule has 1 aromatic heterocycles. The van der Waals surface area contributed by atoms with Crippen molar-refractivity contribution >= 4 is 39.4 Å². The molecule has 4 nitrogen and oxygen atoms in total. The number of aryl methyl sites for hydroxylation is 1. The molecule has 5 heteroatoms. The van der Waals surface area contributed by atoms with Crippen LogP contribution >= 0.6 is 11.6 Å². The Balaban J connectivity index is 2.58. The van der Waals surface area contributed by atoms with Crippen LogP contribution in [0.2, 0.25) is 5.02 Å². The zero-order valence-corrected chi connectivity index (χ0v) is 14.5. The number of halogens is 1. The van der Waals surface area contributed by atoms with E-state index in [2.05, 4.69) is 13.8 Å².